The lowest BCUT2D eigenvalue weighted by atomic mass is 10.2. The number of amides is 2. The van der Waals surface area contributed by atoms with Gasteiger partial charge in [-0.15, -0.1) is 0 Å². The maximum absolute atomic E-state index is 11.0. The molecule has 4 heteroatoms. The highest BCUT2D eigenvalue weighted by molar-refractivity contribution is 5.76. The number of rotatable bonds is 0. The van der Waals surface area contributed by atoms with Crippen molar-refractivity contribution in [2.45, 2.75) is 18.9 Å². The molecule has 2 saturated heterocycles. The number of hydrogen-bond acceptors (Lipinski definition) is 2. The largest absolute Gasteiger partial charge is 0.344 e. The van der Waals surface area contributed by atoms with Crippen LogP contribution in [0.4, 0.5) is 4.79 Å². The lowest BCUT2D eigenvalue weighted by Gasteiger charge is -2.11. The fourth-order valence-corrected chi connectivity index (χ4v) is 1.70. The van der Waals surface area contributed by atoms with E-state index < -0.39 is 0 Å². The van der Waals surface area contributed by atoms with E-state index in [0.717, 1.165) is 24.4 Å². The van der Waals surface area contributed by atoms with Crippen LogP contribution in [0, 0.1) is 0 Å². The van der Waals surface area contributed by atoms with Gasteiger partial charge in [-0.3, -0.25) is 5.21 Å². The predicted octanol–water partition coefficient (Wildman–Crippen LogP) is 0.276. The number of nitrogens with zero attached hydrogens (tertiary/aromatic N) is 2. The Labute approximate surface area is 59.0 Å². The lowest BCUT2D eigenvalue weighted by molar-refractivity contribution is -0.0294. The molecular formula is C6H10N2O2. The Hall–Kier alpha value is -0.770. The van der Waals surface area contributed by atoms with E-state index in [1.165, 1.54) is 0 Å². The standard InChI is InChI=1S/C6H10N2O2/c9-6-7-3-1-2-5(7)4-8(6)10/h5,10H,1-4H2/t5-/m0/s1. The van der Waals surface area contributed by atoms with Crippen molar-refractivity contribution >= 4 is 6.03 Å². The van der Waals surface area contributed by atoms with Crippen molar-refractivity contribution in [1.29, 1.82) is 0 Å². The SMILES string of the molecule is O=C1N(O)C[C@@H]2CCCN12. The first-order valence-electron chi connectivity index (χ1n) is 3.56. The van der Waals surface area contributed by atoms with Gasteiger partial charge in [-0.25, -0.2) is 9.86 Å². The van der Waals surface area contributed by atoms with Crippen molar-refractivity contribution in [2.75, 3.05) is 13.1 Å². The lowest BCUT2D eigenvalue weighted by Crippen LogP contribution is -2.29. The molecule has 0 saturated carbocycles. The number of carbonyl (C=O) groups excluding carboxylic acids is 1. The molecule has 0 spiro atoms. The highest BCUT2D eigenvalue weighted by Gasteiger charge is 2.39. The number of fused-ring (bicyclic) bond motifs is 1. The third kappa shape index (κ3) is 0.623. The maximum Gasteiger partial charge on any atom is 0.344 e. The van der Waals surface area contributed by atoms with Crippen molar-refractivity contribution in [1.82, 2.24) is 9.96 Å². The van der Waals surface area contributed by atoms with Gasteiger partial charge in [0.15, 0.2) is 0 Å². The Morgan fingerprint density at radius 2 is 2.40 bits per heavy atom. The highest BCUT2D eigenvalue weighted by atomic mass is 16.5. The molecule has 0 aromatic rings. The van der Waals surface area contributed by atoms with Crippen LogP contribution in [0.1, 0.15) is 12.8 Å². The molecule has 0 bridgehead atoms. The van der Waals surface area contributed by atoms with Crippen molar-refractivity contribution in [2.24, 2.45) is 0 Å². The zero-order valence-corrected chi connectivity index (χ0v) is 5.66. The number of hydroxylamine groups is 2. The van der Waals surface area contributed by atoms with Gasteiger partial charge in [-0.1, -0.05) is 0 Å². The zero-order valence-electron chi connectivity index (χ0n) is 5.66. The molecule has 56 valence electrons. The van der Waals surface area contributed by atoms with Crippen molar-refractivity contribution in [3.63, 3.8) is 0 Å². The summed E-state index contributed by atoms with van der Waals surface area (Å²) in [5.74, 6) is 0. The normalized spacial score (nSPS) is 31.7. The van der Waals surface area contributed by atoms with Gasteiger partial charge >= 0.3 is 6.03 Å². The summed E-state index contributed by atoms with van der Waals surface area (Å²) in [6.07, 6.45) is 2.13. The fraction of sp³-hybridized carbons (Fsp3) is 0.833. The molecule has 4 nitrogen and oxygen atoms in total. The third-order valence-electron chi connectivity index (χ3n) is 2.23. The Kier molecular flexibility index (Phi) is 1.11. The molecule has 2 fully saturated rings. The molecule has 0 aromatic carbocycles. The van der Waals surface area contributed by atoms with Crippen LogP contribution in [0.2, 0.25) is 0 Å². The summed E-state index contributed by atoms with van der Waals surface area (Å²) in [6.45, 7) is 1.32. The molecule has 0 aromatic heterocycles. The molecule has 1 N–H and O–H groups in total. The van der Waals surface area contributed by atoms with Crippen LogP contribution >= 0.6 is 0 Å². The average Bonchev–Trinajstić information content (AvgIpc) is 2.41. The monoisotopic (exact) mass is 142 g/mol. The molecule has 2 aliphatic heterocycles. The summed E-state index contributed by atoms with van der Waals surface area (Å²) < 4.78 is 0. The van der Waals surface area contributed by atoms with Crippen molar-refractivity contribution in [3.05, 3.63) is 0 Å². The van der Waals surface area contributed by atoms with E-state index in [-0.39, 0.29) is 12.1 Å². The van der Waals surface area contributed by atoms with E-state index in [1.54, 1.807) is 4.90 Å². The average molecular weight is 142 g/mol. The fourth-order valence-electron chi connectivity index (χ4n) is 1.70. The minimum atomic E-state index is -0.220. The zero-order chi connectivity index (χ0) is 7.14. The smallest absolute Gasteiger partial charge is 0.318 e. The Balaban J connectivity index is 2.17. The van der Waals surface area contributed by atoms with Gasteiger partial charge < -0.3 is 4.90 Å². The first kappa shape index (κ1) is 5.97. The van der Waals surface area contributed by atoms with Gasteiger partial charge in [-0.2, -0.15) is 0 Å². The van der Waals surface area contributed by atoms with Crippen LogP contribution in [-0.2, 0) is 0 Å². The van der Waals surface area contributed by atoms with Gasteiger partial charge in [-0.05, 0) is 12.8 Å². The maximum atomic E-state index is 11.0. The second kappa shape index (κ2) is 1.85. The van der Waals surface area contributed by atoms with E-state index in [0.29, 0.717) is 6.54 Å². The Bertz CT molecular complexity index is 171. The molecule has 0 aliphatic carbocycles. The Morgan fingerprint density at radius 1 is 1.60 bits per heavy atom. The number of urea groups is 1. The molecule has 10 heavy (non-hydrogen) atoms. The van der Waals surface area contributed by atoms with E-state index >= 15 is 0 Å². The summed E-state index contributed by atoms with van der Waals surface area (Å²) in [4.78, 5) is 12.7. The van der Waals surface area contributed by atoms with Crippen LogP contribution < -0.4 is 0 Å². The molecule has 0 unspecified atom stereocenters. The minimum absolute atomic E-state index is 0.220. The number of carbonyl (C=O) groups is 1. The van der Waals surface area contributed by atoms with Gasteiger partial charge in [0.25, 0.3) is 0 Å². The molecule has 2 amide bonds. The molecule has 1 atom stereocenters. The minimum Gasteiger partial charge on any atom is -0.318 e. The first-order chi connectivity index (χ1) is 4.79. The van der Waals surface area contributed by atoms with Crippen molar-refractivity contribution in [3.8, 4) is 0 Å². The van der Waals surface area contributed by atoms with Gasteiger partial charge in [0.1, 0.15) is 0 Å². The van der Waals surface area contributed by atoms with E-state index in [9.17, 15) is 4.79 Å². The number of hydrogen-bond donors (Lipinski definition) is 1. The van der Waals surface area contributed by atoms with Crippen LogP contribution in [0.25, 0.3) is 0 Å². The van der Waals surface area contributed by atoms with Crippen LogP contribution in [0.15, 0.2) is 0 Å². The summed E-state index contributed by atoms with van der Waals surface area (Å²) in [5, 5.41) is 9.76. The summed E-state index contributed by atoms with van der Waals surface area (Å²) >= 11 is 0. The molecule has 2 rings (SSSR count). The van der Waals surface area contributed by atoms with Crippen LogP contribution in [-0.4, -0.2) is 40.3 Å². The van der Waals surface area contributed by atoms with Crippen LogP contribution in [0.3, 0.4) is 0 Å². The quantitative estimate of drug-likeness (QED) is 0.493. The van der Waals surface area contributed by atoms with Gasteiger partial charge in [0, 0.05) is 6.54 Å². The Morgan fingerprint density at radius 3 is 3.10 bits per heavy atom. The molecule has 0 radical (unpaired) electrons. The van der Waals surface area contributed by atoms with E-state index in [1.807, 2.05) is 0 Å². The predicted molar refractivity (Wildman–Crippen MR) is 33.6 cm³/mol. The molecule has 2 heterocycles. The van der Waals surface area contributed by atoms with Gasteiger partial charge in [0.2, 0.25) is 0 Å². The summed E-state index contributed by atoms with van der Waals surface area (Å²) in [6, 6.07) is 0.0694. The second-order valence-electron chi connectivity index (χ2n) is 2.85. The van der Waals surface area contributed by atoms with Crippen LogP contribution in [0.5, 0.6) is 0 Å². The van der Waals surface area contributed by atoms with E-state index in [4.69, 9.17) is 5.21 Å². The first-order valence-corrected chi connectivity index (χ1v) is 3.56. The molecule has 2 aliphatic rings. The van der Waals surface area contributed by atoms with Crippen molar-refractivity contribution < 1.29 is 10.0 Å². The topological polar surface area (TPSA) is 43.8 Å². The molecular weight excluding hydrogens is 132 g/mol. The second-order valence-corrected chi connectivity index (χ2v) is 2.85. The summed E-state index contributed by atoms with van der Waals surface area (Å²) in [7, 11) is 0. The van der Waals surface area contributed by atoms with Gasteiger partial charge in [0.05, 0.1) is 12.6 Å². The third-order valence-corrected chi connectivity index (χ3v) is 2.23. The summed E-state index contributed by atoms with van der Waals surface area (Å²) in [5.41, 5.74) is 0. The van der Waals surface area contributed by atoms with E-state index in [2.05, 4.69) is 0 Å². The highest BCUT2D eigenvalue weighted by Crippen LogP contribution is 2.24.